The summed E-state index contributed by atoms with van der Waals surface area (Å²) in [6.45, 7) is 8.83. The van der Waals surface area contributed by atoms with Crippen LogP contribution in [0.3, 0.4) is 0 Å². The molecule has 1 N–H and O–H groups in total. The first kappa shape index (κ1) is 15.5. The third-order valence-electron chi connectivity index (χ3n) is 3.55. The summed E-state index contributed by atoms with van der Waals surface area (Å²) in [4.78, 5) is 9.26. The molecule has 2 aromatic rings. The van der Waals surface area contributed by atoms with Gasteiger partial charge in [-0.3, -0.25) is 0 Å². The number of nitrogens with zero attached hydrogens (tertiary/aromatic N) is 2. The van der Waals surface area contributed by atoms with Crippen molar-refractivity contribution in [3.63, 3.8) is 0 Å². The summed E-state index contributed by atoms with van der Waals surface area (Å²) in [7, 11) is 1.89. The number of rotatable bonds is 4. The Morgan fingerprint density at radius 2 is 1.71 bits per heavy atom. The van der Waals surface area contributed by atoms with Crippen LogP contribution in [0.4, 0.5) is 5.82 Å². The molecule has 0 aliphatic carbocycles. The van der Waals surface area contributed by atoms with Crippen molar-refractivity contribution in [2.75, 3.05) is 12.4 Å². The highest BCUT2D eigenvalue weighted by molar-refractivity contribution is 5.58. The molecule has 0 amide bonds. The van der Waals surface area contributed by atoms with Crippen molar-refractivity contribution in [3.05, 3.63) is 41.6 Å². The zero-order valence-electron chi connectivity index (χ0n) is 13.7. The van der Waals surface area contributed by atoms with Crippen molar-refractivity contribution >= 4 is 5.82 Å². The minimum absolute atomic E-state index is 0.166. The number of anilines is 1. The van der Waals surface area contributed by atoms with Crippen LogP contribution in [0.2, 0.25) is 0 Å². The summed E-state index contributed by atoms with van der Waals surface area (Å²) < 4.78 is 0. The van der Waals surface area contributed by atoms with Crippen molar-refractivity contribution in [3.8, 4) is 11.4 Å². The number of nitrogens with one attached hydrogen (secondary N) is 1. The van der Waals surface area contributed by atoms with E-state index in [1.165, 1.54) is 5.56 Å². The molecule has 0 unspecified atom stereocenters. The zero-order valence-corrected chi connectivity index (χ0v) is 13.7. The summed E-state index contributed by atoms with van der Waals surface area (Å²) in [5, 5.41) is 3.12. The van der Waals surface area contributed by atoms with Crippen LogP contribution in [0.1, 0.15) is 45.4 Å². The molecular formula is C18H25N3. The zero-order chi connectivity index (χ0) is 15.5. The fraction of sp³-hybridized carbons (Fsp3) is 0.444. The summed E-state index contributed by atoms with van der Waals surface area (Å²) in [6, 6.07) is 10.6. The quantitative estimate of drug-likeness (QED) is 0.901. The van der Waals surface area contributed by atoms with E-state index in [9.17, 15) is 0 Å². The highest BCUT2D eigenvalue weighted by atomic mass is 15.0. The van der Waals surface area contributed by atoms with Crippen molar-refractivity contribution in [2.24, 2.45) is 0 Å². The molecule has 0 aliphatic heterocycles. The molecule has 1 aromatic carbocycles. The second-order valence-electron chi connectivity index (χ2n) is 6.40. The molecule has 1 aromatic heterocycles. The molecule has 0 atom stereocenters. The van der Waals surface area contributed by atoms with E-state index in [4.69, 9.17) is 0 Å². The normalized spacial score (nSPS) is 11.5. The molecule has 112 valence electrons. The van der Waals surface area contributed by atoms with E-state index < -0.39 is 0 Å². The van der Waals surface area contributed by atoms with Crippen LogP contribution >= 0.6 is 0 Å². The predicted molar refractivity (Wildman–Crippen MR) is 89.7 cm³/mol. The van der Waals surface area contributed by atoms with Gasteiger partial charge < -0.3 is 5.32 Å². The first-order valence-corrected chi connectivity index (χ1v) is 7.60. The molecule has 0 saturated heterocycles. The minimum Gasteiger partial charge on any atom is -0.373 e. The fourth-order valence-electron chi connectivity index (χ4n) is 2.26. The van der Waals surface area contributed by atoms with Gasteiger partial charge in [-0.05, 0) is 17.4 Å². The van der Waals surface area contributed by atoms with Gasteiger partial charge in [0, 0.05) is 24.4 Å². The molecule has 0 fully saturated rings. The summed E-state index contributed by atoms with van der Waals surface area (Å²) in [6.07, 6.45) is 2.06. The Morgan fingerprint density at radius 3 is 2.24 bits per heavy atom. The standard InChI is InChI=1S/C18H25N3/c1-6-7-15-12-16(19-5)21-17(20-15)13-8-10-14(11-9-13)18(2,3)4/h8-12H,6-7H2,1-5H3,(H,19,20,21). The predicted octanol–water partition coefficient (Wildman–Crippen LogP) is 4.44. The highest BCUT2D eigenvalue weighted by Gasteiger charge is 2.14. The topological polar surface area (TPSA) is 37.8 Å². The van der Waals surface area contributed by atoms with Gasteiger partial charge >= 0.3 is 0 Å². The van der Waals surface area contributed by atoms with Crippen molar-refractivity contribution in [1.82, 2.24) is 9.97 Å². The maximum absolute atomic E-state index is 4.68. The van der Waals surface area contributed by atoms with E-state index in [0.29, 0.717) is 0 Å². The molecular weight excluding hydrogens is 258 g/mol. The average Bonchev–Trinajstić information content (AvgIpc) is 2.46. The largest absolute Gasteiger partial charge is 0.373 e. The third kappa shape index (κ3) is 3.81. The van der Waals surface area contributed by atoms with Crippen LogP contribution in [0.15, 0.2) is 30.3 Å². The van der Waals surface area contributed by atoms with Crippen LogP contribution in [-0.4, -0.2) is 17.0 Å². The first-order valence-electron chi connectivity index (χ1n) is 7.60. The number of hydrogen-bond acceptors (Lipinski definition) is 3. The number of aryl methyl sites for hydroxylation is 1. The molecule has 2 rings (SSSR count). The molecule has 3 nitrogen and oxygen atoms in total. The maximum Gasteiger partial charge on any atom is 0.161 e. The van der Waals surface area contributed by atoms with Gasteiger partial charge in [-0.2, -0.15) is 0 Å². The van der Waals surface area contributed by atoms with Crippen molar-refractivity contribution < 1.29 is 0 Å². The van der Waals surface area contributed by atoms with Gasteiger partial charge in [-0.15, -0.1) is 0 Å². The molecule has 0 aliphatic rings. The first-order chi connectivity index (χ1) is 9.94. The van der Waals surface area contributed by atoms with Crippen LogP contribution < -0.4 is 5.32 Å². The van der Waals surface area contributed by atoms with Gasteiger partial charge in [-0.1, -0.05) is 58.4 Å². The van der Waals surface area contributed by atoms with Crippen LogP contribution in [0.5, 0.6) is 0 Å². The Hall–Kier alpha value is -1.90. The second-order valence-corrected chi connectivity index (χ2v) is 6.40. The van der Waals surface area contributed by atoms with E-state index in [-0.39, 0.29) is 5.41 Å². The Bertz CT molecular complexity index is 595. The van der Waals surface area contributed by atoms with Gasteiger partial charge in [0.15, 0.2) is 5.82 Å². The van der Waals surface area contributed by atoms with Gasteiger partial charge in [0.2, 0.25) is 0 Å². The fourth-order valence-corrected chi connectivity index (χ4v) is 2.26. The Kier molecular flexibility index (Phi) is 4.61. The monoisotopic (exact) mass is 283 g/mol. The summed E-state index contributed by atoms with van der Waals surface area (Å²) in [5.74, 6) is 1.68. The summed E-state index contributed by atoms with van der Waals surface area (Å²) >= 11 is 0. The molecule has 0 radical (unpaired) electrons. The number of aromatic nitrogens is 2. The van der Waals surface area contributed by atoms with Crippen LogP contribution in [-0.2, 0) is 11.8 Å². The Labute approximate surface area is 127 Å². The molecule has 0 bridgehead atoms. The SMILES string of the molecule is CCCc1cc(NC)nc(-c2ccc(C(C)(C)C)cc2)n1. The van der Waals surface area contributed by atoms with Crippen molar-refractivity contribution in [1.29, 1.82) is 0 Å². The Balaban J connectivity index is 2.39. The molecule has 3 heteroatoms. The van der Waals surface area contributed by atoms with Gasteiger partial charge in [0.1, 0.15) is 5.82 Å². The average molecular weight is 283 g/mol. The van der Waals surface area contributed by atoms with Gasteiger partial charge in [-0.25, -0.2) is 9.97 Å². The minimum atomic E-state index is 0.166. The van der Waals surface area contributed by atoms with E-state index in [1.54, 1.807) is 0 Å². The maximum atomic E-state index is 4.68. The lowest BCUT2D eigenvalue weighted by molar-refractivity contribution is 0.590. The lowest BCUT2D eigenvalue weighted by Crippen LogP contribution is -2.10. The highest BCUT2D eigenvalue weighted by Crippen LogP contribution is 2.25. The van der Waals surface area contributed by atoms with E-state index >= 15 is 0 Å². The molecule has 21 heavy (non-hydrogen) atoms. The number of hydrogen-bond donors (Lipinski definition) is 1. The van der Waals surface area contributed by atoms with Gasteiger partial charge in [0.25, 0.3) is 0 Å². The second kappa shape index (κ2) is 6.25. The lowest BCUT2D eigenvalue weighted by Gasteiger charge is -2.19. The Morgan fingerprint density at radius 1 is 1.05 bits per heavy atom. The van der Waals surface area contributed by atoms with Crippen molar-refractivity contribution in [2.45, 2.75) is 46.0 Å². The molecule has 1 heterocycles. The number of benzene rings is 1. The lowest BCUT2D eigenvalue weighted by atomic mass is 9.87. The molecule has 0 saturated carbocycles. The third-order valence-corrected chi connectivity index (χ3v) is 3.55. The van der Waals surface area contributed by atoms with Crippen LogP contribution in [0, 0.1) is 0 Å². The van der Waals surface area contributed by atoms with E-state index in [1.807, 2.05) is 13.1 Å². The molecule has 0 spiro atoms. The van der Waals surface area contributed by atoms with Crippen LogP contribution in [0.25, 0.3) is 11.4 Å². The smallest absolute Gasteiger partial charge is 0.161 e. The summed E-state index contributed by atoms with van der Waals surface area (Å²) in [5.41, 5.74) is 3.65. The van der Waals surface area contributed by atoms with Gasteiger partial charge in [0.05, 0.1) is 0 Å². The van der Waals surface area contributed by atoms with E-state index in [0.717, 1.165) is 35.7 Å². The van der Waals surface area contributed by atoms with E-state index in [2.05, 4.69) is 67.2 Å².